The fourth-order valence-corrected chi connectivity index (χ4v) is 20.3. The number of hydrogen-bond acceptors (Lipinski definition) is 2. The first-order valence-corrected chi connectivity index (χ1v) is 32.3. The number of hydrogen-bond donors (Lipinski definition) is 0. The van der Waals surface area contributed by atoms with E-state index in [1.54, 1.807) is 52.0 Å². The van der Waals surface area contributed by atoms with Gasteiger partial charge in [-0.25, -0.2) is 87.8 Å². The van der Waals surface area contributed by atoms with Crippen LogP contribution in [0.25, 0.3) is 0 Å². The van der Waals surface area contributed by atoms with Gasteiger partial charge >= 0.3 is 0 Å². The standard InChI is InChI=1S/2C33H27BF10OP/c2*1-13(2)46(14(3)4)18-12-8-10-16-32(18)45-31-15(33(16,5)6)9-7-11-17(31)34(19-21(35)25(39)29(43)26(40)22(19)36)20-23(37)27(41)30(44)28(42)24(20)38/h2*7-14,34H,1-6H3/q2*-1/p+2. The average molecular weight is 1340 g/mol. The number of benzene rings is 8. The molecule has 92 heavy (non-hydrogen) atoms. The Labute approximate surface area is 519 Å². The molecule has 0 atom stereocenters. The van der Waals surface area contributed by atoms with Crippen molar-refractivity contribution in [1.29, 1.82) is 0 Å². The van der Waals surface area contributed by atoms with Gasteiger partial charge in [-0.1, -0.05) is 88.4 Å². The van der Waals surface area contributed by atoms with Gasteiger partial charge in [-0.2, -0.15) is 10.9 Å². The summed E-state index contributed by atoms with van der Waals surface area (Å²) in [5.41, 5.74) is -7.17. The van der Waals surface area contributed by atoms with Crippen LogP contribution in [-0.2, 0) is 10.8 Å². The zero-order chi connectivity index (χ0) is 68.3. The van der Waals surface area contributed by atoms with Gasteiger partial charge in [0.15, 0.2) is 81.3 Å². The smallest absolute Gasteiger partial charge is 0.200 e. The highest BCUT2D eigenvalue weighted by Gasteiger charge is 2.45. The van der Waals surface area contributed by atoms with E-state index in [0.717, 1.165) is 22.7 Å². The minimum atomic E-state index is -4.00. The molecule has 0 bridgehead atoms. The molecule has 0 saturated heterocycles. The Balaban J connectivity index is 0.000000217. The number of halogens is 20. The highest BCUT2D eigenvalue weighted by Crippen LogP contribution is 2.55. The molecule has 26 heteroatoms. The van der Waals surface area contributed by atoms with E-state index in [1.165, 1.54) is 12.1 Å². The van der Waals surface area contributed by atoms with Gasteiger partial charge in [0.2, 0.25) is 0 Å². The lowest BCUT2D eigenvalue weighted by Gasteiger charge is -2.39. The lowest BCUT2D eigenvalue weighted by atomic mass is 9.35. The Morgan fingerprint density at radius 1 is 0.272 bits per heavy atom. The van der Waals surface area contributed by atoms with E-state index in [2.05, 4.69) is 0 Å². The Hall–Kier alpha value is -7.05. The molecule has 8 aromatic carbocycles. The van der Waals surface area contributed by atoms with Crippen LogP contribution < -0.4 is 52.9 Å². The lowest BCUT2D eigenvalue weighted by molar-refractivity contribution is 0.382. The summed E-state index contributed by atoms with van der Waals surface area (Å²) in [4.78, 5) is 0. The van der Waals surface area contributed by atoms with Gasteiger partial charge in [0.1, 0.15) is 57.1 Å². The number of ether oxygens (including phenoxy) is 2. The number of fused-ring (bicyclic) bond motifs is 4. The highest BCUT2D eigenvalue weighted by atomic mass is 31.1. The normalized spacial score (nSPS) is 13.9. The third-order valence-corrected chi connectivity index (χ3v) is 24.8. The zero-order valence-corrected chi connectivity index (χ0v) is 53.0. The van der Waals surface area contributed by atoms with Crippen LogP contribution in [0.2, 0.25) is 0 Å². The third kappa shape index (κ3) is 11.0. The van der Waals surface area contributed by atoms with E-state index in [4.69, 9.17) is 9.47 Å². The quantitative estimate of drug-likeness (QED) is 0.0399. The van der Waals surface area contributed by atoms with Gasteiger partial charge in [-0.05, 0) is 67.5 Å². The zero-order valence-electron chi connectivity index (χ0n) is 51.0. The second-order valence-corrected chi connectivity index (χ2v) is 32.7. The first-order valence-electron chi connectivity index (χ1n) is 29.0. The van der Waals surface area contributed by atoms with Crippen molar-refractivity contribution in [3.05, 3.63) is 211 Å². The van der Waals surface area contributed by atoms with Crippen LogP contribution in [0.1, 0.15) is 105 Å². The van der Waals surface area contributed by atoms with Gasteiger partial charge in [0.05, 0.1) is 47.6 Å². The Morgan fingerprint density at radius 2 is 0.457 bits per heavy atom. The van der Waals surface area contributed by atoms with Crippen LogP contribution in [-0.4, -0.2) is 36.1 Å². The van der Waals surface area contributed by atoms with Gasteiger partial charge in [-0.15, -0.1) is 21.9 Å². The van der Waals surface area contributed by atoms with Crippen LogP contribution in [0.5, 0.6) is 23.0 Å². The van der Waals surface area contributed by atoms with E-state index in [0.29, 0.717) is 33.8 Å². The van der Waals surface area contributed by atoms with Crippen LogP contribution in [0.4, 0.5) is 87.8 Å². The van der Waals surface area contributed by atoms with Crippen molar-refractivity contribution in [2.24, 2.45) is 0 Å². The summed E-state index contributed by atoms with van der Waals surface area (Å²) in [5, 5.41) is 1.64. The van der Waals surface area contributed by atoms with Crippen LogP contribution >= 0.6 is 15.8 Å². The maximum Gasteiger partial charge on any atom is 0.200 e. The highest BCUT2D eigenvalue weighted by molar-refractivity contribution is 7.67. The third-order valence-electron chi connectivity index (χ3n) is 17.8. The second kappa shape index (κ2) is 25.4. The topological polar surface area (TPSA) is 18.5 Å². The molecular formula is C66H56B2F20O2P2. The Kier molecular flexibility index (Phi) is 19.1. The number of para-hydroxylation sites is 4. The van der Waals surface area contributed by atoms with Crippen molar-refractivity contribution < 1.29 is 97.3 Å². The molecule has 488 valence electrons. The molecule has 0 spiro atoms. The van der Waals surface area contributed by atoms with Gasteiger partial charge in [-0.3, -0.25) is 0 Å². The van der Waals surface area contributed by atoms with Crippen molar-refractivity contribution in [3.63, 3.8) is 0 Å². The van der Waals surface area contributed by atoms with Crippen molar-refractivity contribution >= 4 is 72.7 Å². The minimum absolute atomic E-state index is 0.181. The van der Waals surface area contributed by atoms with Crippen molar-refractivity contribution in [1.82, 2.24) is 0 Å². The first-order chi connectivity index (χ1) is 42.9. The molecular weight excluding hydrogens is 1290 g/mol. The molecule has 2 aliphatic heterocycles. The molecule has 0 aromatic heterocycles. The molecule has 0 unspecified atom stereocenters. The summed E-state index contributed by atoms with van der Waals surface area (Å²) >= 11 is 0. The molecule has 2 heterocycles. The fourth-order valence-electron chi connectivity index (χ4n) is 13.7. The number of rotatable bonds is 12. The molecule has 2 aliphatic rings. The predicted molar refractivity (Wildman–Crippen MR) is 324 cm³/mol. The van der Waals surface area contributed by atoms with E-state index in [-0.39, 0.29) is 34.1 Å². The largest absolute Gasteiger partial charge is 0.456 e. The van der Waals surface area contributed by atoms with E-state index >= 15 is 35.1 Å². The van der Waals surface area contributed by atoms with Crippen molar-refractivity contribution in [3.8, 4) is 23.0 Å². The summed E-state index contributed by atoms with van der Waals surface area (Å²) in [5.74, 6) is -49.4. The predicted octanol–water partition coefficient (Wildman–Crippen LogP) is 14.8. The van der Waals surface area contributed by atoms with Gasteiger partial charge in [0, 0.05) is 48.9 Å². The summed E-state index contributed by atoms with van der Waals surface area (Å²) in [7, 11) is -2.76. The van der Waals surface area contributed by atoms with Crippen LogP contribution in [0.15, 0.2) is 72.8 Å². The molecule has 0 saturated carbocycles. The van der Waals surface area contributed by atoms with Crippen molar-refractivity contribution in [2.75, 3.05) is 0 Å². The average Bonchev–Trinajstić information content (AvgIpc) is 0.726. The van der Waals surface area contributed by atoms with Crippen molar-refractivity contribution in [2.45, 2.75) is 117 Å². The van der Waals surface area contributed by atoms with Gasteiger partial charge < -0.3 is 9.47 Å². The van der Waals surface area contributed by atoms with Crippen LogP contribution in [0.3, 0.4) is 0 Å². The Bertz CT molecular complexity index is 3780. The molecule has 2 nitrogen and oxygen atoms in total. The Morgan fingerprint density at radius 3 is 0.663 bits per heavy atom. The minimum Gasteiger partial charge on any atom is -0.456 e. The summed E-state index contributed by atoms with van der Waals surface area (Å²) in [6, 6.07) is 18.8. The molecule has 0 N–H and O–H groups in total. The maximum atomic E-state index is 15.5. The summed E-state index contributed by atoms with van der Waals surface area (Å²) in [6.07, 6.45) is 0. The molecule has 8 aromatic rings. The maximum absolute atomic E-state index is 15.5. The molecule has 0 amide bonds. The molecule has 0 radical (unpaired) electrons. The fraction of sp³-hybridized carbons (Fsp3) is 0.273. The lowest BCUT2D eigenvalue weighted by Crippen LogP contribution is -2.58. The van der Waals surface area contributed by atoms with E-state index in [1.807, 2.05) is 79.7 Å². The van der Waals surface area contributed by atoms with E-state index in [9.17, 15) is 52.7 Å². The second-order valence-electron chi connectivity index (χ2n) is 25.2. The van der Waals surface area contributed by atoms with Crippen LogP contribution in [0, 0.1) is 116 Å². The van der Waals surface area contributed by atoms with Gasteiger partial charge in [0.25, 0.3) is 0 Å². The molecule has 0 fully saturated rings. The molecule has 10 rings (SSSR count). The first kappa shape index (κ1) is 69.3. The summed E-state index contributed by atoms with van der Waals surface area (Å²) < 4.78 is 310. The summed E-state index contributed by atoms with van der Waals surface area (Å²) in [6.45, 7) is 15.4. The monoisotopic (exact) mass is 1340 g/mol. The SMILES string of the molecule is CC(C)[PH+](c1cccc2c1Oc1c([BH-](c3c(F)c(F)c(F)c(F)c3F)c3c(F)c(F)c(F)c(F)c3F)cccc1C2(C)C)C(C)C.CC(C)[PH+](c1cccc2c1Oc1c([BH-](c3c(F)c(F)c(F)c(F)c3F)c3c(F)c(F)c(F)c(F)c3F)cccc1C2(C)C)C(C)C. The molecule has 0 aliphatic carbocycles. The van der Waals surface area contributed by atoms with E-state index < -0.39 is 189 Å².